The summed E-state index contributed by atoms with van der Waals surface area (Å²) in [6, 6.07) is 0. The zero-order chi connectivity index (χ0) is 18.2. The van der Waals surface area contributed by atoms with Crippen LogP contribution in [0.4, 0.5) is 0 Å². The first kappa shape index (κ1) is 18.7. The lowest BCUT2D eigenvalue weighted by atomic mass is 9.62. The van der Waals surface area contributed by atoms with Crippen LogP contribution < -0.4 is 0 Å². The van der Waals surface area contributed by atoms with Gasteiger partial charge in [-0.05, 0) is 52.5 Å². The quantitative estimate of drug-likeness (QED) is 0.489. The normalized spacial score (nSPS) is 35.6. The standard InChI is InChI=1S/C20H28O4/c1-11(2)7-18(22)24-17-9-15(12(3)4)10-20(17)13(5)8-16(21)19(23)14(20)6/h7-8,14-15,17,19,23H,3,9-10H2,1-2,4-6H3/t14-,15-,17-,19-,20+/m1/s1. The van der Waals surface area contributed by atoms with Gasteiger partial charge in [0.1, 0.15) is 12.2 Å². The molecule has 0 aliphatic heterocycles. The van der Waals surface area contributed by atoms with Crippen molar-refractivity contribution in [1.29, 1.82) is 0 Å². The first-order valence-corrected chi connectivity index (χ1v) is 8.51. The first-order chi connectivity index (χ1) is 11.1. The van der Waals surface area contributed by atoms with E-state index in [-0.39, 0.29) is 29.7 Å². The number of hydrogen-bond donors (Lipinski definition) is 1. The van der Waals surface area contributed by atoms with E-state index in [1.54, 1.807) is 0 Å². The Labute approximate surface area is 144 Å². The Balaban J connectivity index is 2.44. The van der Waals surface area contributed by atoms with Crippen molar-refractivity contribution in [3.63, 3.8) is 0 Å². The van der Waals surface area contributed by atoms with Crippen LogP contribution in [0, 0.1) is 17.3 Å². The summed E-state index contributed by atoms with van der Waals surface area (Å²) in [5.74, 6) is -0.725. The molecular weight excluding hydrogens is 304 g/mol. The van der Waals surface area contributed by atoms with Crippen molar-refractivity contribution < 1.29 is 19.4 Å². The van der Waals surface area contributed by atoms with Crippen LogP contribution in [0.2, 0.25) is 0 Å². The summed E-state index contributed by atoms with van der Waals surface area (Å²) in [6.45, 7) is 13.5. The van der Waals surface area contributed by atoms with Crippen LogP contribution in [-0.2, 0) is 14.3 Å². The third-order valence-electron chi connectivity index (χ3n) is 5.69. The number of aliphatic hydroxyl groups is 1. The molecule has 0 aromatic rings. The smallest absolute Gasteiger partial charge is 0.330 e. The lowest BCUT2D eigenvalue weighted by Gasteiger charge is -2.45. The molecule has 5 atom stereocenters. The second-order valence-corrected chi connectivity index (χ2v) is 7.63. The van der Waals surface area contributed by atoms with E-state index in [0.29, 0.717) is 6.42 Å². The molecule has 0 radical (unpaired) electrons. The Morgan fingerprint density at radius 3 is 2.58 bits per heavy atom. The van der Waals surface area contributed by atoms with Crippen molar-refractivity contribution in [2.24, 2.45) is 17.3 Å². The molecule has 2 aliphatic rings. The van der Waals surface area contributed by atoms with Gasteiger partial charge in [-0.15, -0.1) is 0 Å². The maximum atomic E-state index is 12.2. The zero-order valence-electron chi connectivity index (χ0n) is 15.3. The third-order valence-corrected chi connectivity index (χ3v) is 5.69. The summed E-state index contributed by atoms with van der Waals surface area (Å²) in [5.41, 5.74) is 2.30. The molecule has 1 saturated carbocycles. The highest BCUT2D eigenvalue weighted by Crippen LogP contribution is 2.57. The lowest BCUT2D eigenvalue weighted by Crippen LogP contribution is -2.50. The average Bonchev–Trinajstić information content (AvgIpc) is 2.83. The topological polar surface area (TPSA) is 63.6 Å². The van der Waals surface area contributed by atoms with E-state index in [1.807, 2.05) is 34.6 Å². The van der Waals surface area contributed by atoms with Gasteiger partial charge in [0.05, 0.1) is 0 Å². The lowest BCUT2D eigenvalue weighted by molar-refractivity contribution is -0.152. The van der Waals surface area contributed by atoms with Crippen LogP contribution in [0.3, 0.4) is 0 Å². The molecule has 2 aliphatic carbocycles. The predicted octanol–water partition coefficient (Wildman–Crippen LogP) is 3.36. The number of hydrogen-bond acceptors (Lipinski definition) is 4. The van der Waals surface area contributed by atoms with Gasteiger partial charge in [-0.25, -0.2) is 4.79 Å². The Bertz CT molecular complexity index is 624. The van der Waals surface area contributed by atoms with Gasteiger partial charge in [0.25, 0.3) is 0 Å². The first-order valence-electron chi connectivity index (χ1n) is 8.51. The molecule has 132 valence electrons. The Morgan fingerprint density at radius 1 is 1.42 bits per heavy atom. The molecule has 4 nitrogen and oxygen atoms in total. The van der Waals surface area contributed by atoms with E-state index in [2.05, 4.69) is 6.58 Å². The molecule has 0 aromatic heterocycles. The van der Waals surface area contributed by atoms with Gasteiger partial charge in [0, 0.05) is 17.4 Å². The largest absolute Gasteiger partial charge is 0.458 e. The molecule has 1 fully saturated rings. The predicted molar refractivity (Wildman–Crippen MR) is 93.2 cm³/mol. The van der Waals surface area contributed by atoms with Crippen LogP contribution in [-0.4, -0.2) is 29.1 Å². The van der Waals surface area contributed by atoms with E-state index >= 15 is 0 Å². The highest BCUT2D eigenvalue weighted by Gasteiger charge is 2.57. The highest BCUT2D eigenvalue weighted by molar-refractivity contribution is 5.95. The average molecular weight is 332 g/mol. The summed E-state index contributed by atoms with van der Waals surface area (Å²) >= 11 is 0. The van der Waals surface area contributed by atoms with E-state index < -0.39 is 11.5 Å². The van der Waals surface area contributed by atoms with E-state index in [9.17, 15) is 14.7 Å². The molecule has 1 spiro atoms. The van der Waals surface area contributed by atoms with Crippen molar-refractivity contribution in [1.82, 2.24) is 0 Å². The van der Waals surface area contributed by atoms with Crippen molar-refractivity contribution in [2.45, 2.75) is 59.7 Å². The van der Waals surface area contributed by atoms with Gasteiger partial charge in [-0.1, -0.05) is 30.2 Å². The number of esters is 1. The molecule has 0 unspecified atom stereocenters. The van der Waals surface area contributed by atoms with Crippen molar-refractivity contribution in [3.05, 3.63) is 35.5 Å². The van der Waals surface area contributed by atoms with E-state index in [1.165, 1.54) is 12.2 Å². The number of carbonyl (C=O) groups excluding carboxylic acids is 2. The van der Waals surface area contributed by atoms with Gasteiger partial charge < -0.3 is 9.84 Å². The van der Waals surface area contributed by atoms with E-state index in [0.717, 1.165) is 23.1 Å². The maximum absolute atomic E-state index is 12.2. The summed E-state index contributed by atoms with van der Waals surface area (Å²) in [6.07, 6.45) is 3.00. The number of rotatable bonds is 3. The molecule has 0 bridgehead atoms. The Kier molecular flexibility index (Phi) is 5.19. The summed E-state index contributed by atoms with van der Waals surface area (Å²) in [5, 5.41) is 10.3. The van der Waals surface area contributed by atoms with Gasteiger partial charge in [-0.3, -0.25) is 4.79 Å². The minimum absolute atomic E-state index is 0.209. The summed E-state index contributed by atoms with van der Waals surface area (Å²) < 4.78 is 5.80. The summed E-state index contributed by atoms with van der Waals surface area (Å²) in [7, 11) is 0. The molecule has 0 amide bonds. The monoisotopic (exact) mass is 332 g/mol. The van der Waals surface area contributed by atoms with Crippen LogP contribution in [0.5, 0.6) is 0 Å². The number of allylic oxidation sites excluding steroid dienone is 2. The molecule has 0 heterocycles. The number of aliphatic hydroxyl groups excluding tert-OH is 1. The number of ether oxygens (including phenoxy) is 1. The minimum atomic E-state index is -1.05. The van der Waals surface area contributed by atoms with Crippen molar-refractivity contribution >= 4 is 11.8 Å². The van der Waals surface area contributed by atoms with E-state index in [4.69, 9.17) is 4.74 Å². The van der Waals surface area contributed by atoms with Gasteiger partial charge in [0.15, 0.2) is 5.78 Å². The maximum Gasteiger partial charge on any atom is 0.330 e. The molecule has 0 aromatic carbocycles. The SMILES string of the molecule is C=C(C)[C@@H]1C[C@@H](OC(=O)C=C(C)C)[C@@]2(C1)C(C)=CC(=O)[C@H](O)[C@H]2C. The second-order valence-electron chi connectivity index (χ2n) is 7.63. The van der Waals surface area contributed by atoms with Crippen LogP contribution in [0.25, 0.3) is 0 Å². The van der Waals surface area contributed by atoms with Gasteiger partial charge in [-0.2, -0.15) is 0 Å². The van der Waals surface area contributed by atoms with Gasteiger partial charge in [0.2, 0.25) is 0 Å². The molecule has 2 rings (SSSR count). The molecule has 0 saturated heterocycles. The molecular formula is C20H28O4. The fraction of sp³-hybridized carbons (Fsp3) is 0.600. The zero-order valence-corrected chi connectivity index (χ0v) is 15.3. The van der Waals surface area contributed by atoms with Gasteiger partial charge >= 0.3 is 5.97 Å². The number of carbonyl (C=O) groups is 2. The Morgan fingerprint density at radius 2 is 2.04 bits per heavy atom. The second kappa shape index (κ2) is 6.67. The fourth-order valence-electron chi connectivity index (χ4n) is 4.24. The van der Waals surface area contributed by atoms with Crippen LogP contribution in [0.1, 0.15) is 47.5 Å². The van der Waals surface area contributed by atoms with Crippen molar-refractivity contribution in [2.75, 3.05) is 0 Å². The number of ketones is 1. The Hall–Kier alpha value is -1.68. The highest BCUT2D eigenvalue weighted by atomic mass is 16.5. The molecule has 4 heteroatoms. The van der Waals surface area contributed by atoms with Crippen LogP contribution >= 0.6 is 0 Å². The fourth-order valence-corrected chi connectivity index (χ4v) is 4.24. The molecule has 24 heavy (non-hydrogen) atoms. The van der Waals surface area contributed by atoms with Crippen molar-refractivity contribution in [3.8, 4) is 0 Å². The molecule has 1 N–H and O–H groups in total. The van der Waals surface area contributed by atoms with Crippen LogP contribution in [0.15, 0.2) is 35.5 Å². The third kappa shape index (κ3) is 3.12. The minimum Gasteiger partial charge on any atom is -0.458 e. The summed E-state index contributed by atoms with van der Waals surface area (Å²) in [4.78, 5) is 24.2.